The molecule has 3 heteroatoms. The van der Waals surface area contributed by atoms with E-state index < -0.39 is 0 Å². The molecule has 1 aliphatic heterocycles. The molecule has 1 saturated carbocycles. The number of benzene rings is 1. The van der Waals surface area contributed by atoms with E-state index in [0.717, 1.165) is 42.7 Å². The maximum absolute atomic E-state index is 9.08. The topological polar surface area (TPSA) is 35.9 Å². The second-order valence-electron chi connectivity index (χ2n) is 7.86. The summed E-state index contributed by atoms with van der Waals surface area (Å²) in [5, 5.41) is 12.9. The quantitative estimate of drug-likeness (QED) is 0.512. The molecule has 146 valence electrons. The molecule has 1 aromatic carbocycles. The minimum absolute atomic E-state index is 0.593. The van der Waals surface area contributed by atoms with Crippen LogP contribution in [0.4, 0.5) is 0 Å². The third-order valence-corrected chi connectivity index (χ3v) is 6.86. The summed E-state index contributed by atoms with van der Waals surface area (Å²) < 4.78 is 0. The molecule has 2 N–H and O–H groups in total. The predicted octanol–water partition coefficient (Wildman–Crippen LogP) is 6.74. The molecule has 3 rings (SSSR count). The Balaban J connectivity index is 1.93. The fraction of sp³-hybridized carbons (Fsp3) is 0.542. The molecule has 2 nitrogen and oxygen atoms in total. The van der Waals surface area contributed by atoms with Crippen LogP contribution in [-0.2, 0) is 12.2 Å². The molecule has 1 heterocycles. The van der Waals surface area contributed by atoms with E-state index in [1.807, 2.05) is 11.8 Å². The summed E-state index contributed by atoms with van der Waals surface area (Å²) >= 11 is 1.84. The number of fused-ring (bicyclic) bond motifs is 1. The highest BCUT2D eigenvalue weighted by Gasteiger charge is 2.22. The molecule has 0 atom stereocenters. The highest BCUT2D eigenvalue weighted by molar-refractivity contribution is 8.02. The van der Waals surface area contributed by atoms with Gasteiger partial charge in [0.05, 0.1) is 5.71 Å². The highest BCUT2D eigenvalue weighted by atomic mass is 32.2. The van der Waals surface area contributed by atoms with Crippen LogP contribution in [-0.4, -0.2) is 11.8 Å². The molecule has 2 aliphatic rings. The van der Waals surface area contributed by atoms with Crippen LogP contribution in [0.5, 0.6) is 0 Å². The molecule has 0 amide bonds. The van der Waals surface area contributed by atoms with Gasteiger partial charge in [0.25, 0.3) is 0 Å². The zero-order valence-electron chi connectivity index (χ0n) is 17.0. The van der Waals surface area contributed by atoms with Crippen molar-refractivity contribution in [3.63, 3.8) is 0 Å². The normalized spacial score (nSPS) is 18.7. The van der Waals surface area contributed by atoms with Gasteiger partial charge in [-0.25, -0.2) is 0 Å². The van der Waals surface area contributed by atoms with Crippen molar-refractivity contribution in [2.75, 3.05) is 0 Å². The lowest BCUT2D eigenvalue weighted by Crippen LogP contribution is -2.32. The number of allylic oxidation sites excluding steroid dienone is 3. The molecule has 0 aromatic heterocycles. The van der Waals surface area contributed by atoms with Crippen LogP contribution < -0.4 is 5.32 Å². The van der Waals surface area contributed by atoms with Crippen molar-refractivity contribution >= 4 is 17.5 Å². The molecule has 0 saturated heterocycles. The summed E-state index contributed by atoms with van der Waals surface area (Å²) in [6.07, 6.45) is 10.6. The second-order valence-corrected chi connectivity index (χ2v) is 9.02. The summed E-state index contributed by atoms with van der Waals surface area (Å²) in [5.41, 5.74) is 7.07. The number of rotatable bonds is 7. The van der Waals surface area contributed by atoms with E-state index in [0.29, 0.717) is 6.04 Å². The van der Waals surface area contributed by atoms with Crippen molar-refractivity contribution in [2.24, 2.45) is 0 Å². The lowest BCUT2D eigenvalue weighted by molar-refractivity contribution is 0.391. The number of thioether (sulfide) groups is 1. The molecule has 1 aliphatic carbocycles. The fourth-order valence-corrected chi connectivity index (χ4v) is 5.27. The summed E-state index contributed by atoms with van der Waals surface area (Å²) in [4.78, 5) is 1.22. The average Bonchev–Trinajstić information content (AvgIpc) is 2.69. The van der Waals surface area contributed by atoms with Gasteiger partial charge in [0.15, 0.2) is 0 Å². The van der Waals surface area contributed by atoms with E-state index in [9.17, 15) is 0 Å². The zero-order valence-corrected chi connectivity index (χ0v) is 17.8. The molecule has 0 bridgehead atoms. The first-order valence-corrected chi connectivity index (χ1v) is 11.6. The summed E-state index contributed by atoms with van der Waals surface area (Å²) in [7, 11) is 0. The van der Waals surface area contributed by atoms with Gasteiger partial charge >= 0.3 is 0 Å². The maximum Gasteiger partial charge on any atom is 0.0664 e. The summed E-state index contributed by atoms with van der Waals surface area (Å²) in [6, 6.07) is 7.08. The third-order valence-electron chi connectivity index (χ3n) is 5.85. The lowest BCUT2D eigenvalue weighted by atomic mass is 9.89. The van der Waals surface area contributed by atoms with Gasteiger partial charge in [-0.1, -0.05) is 64.3 Å². The van der Waals surface area contributed by atoms with Gasteiger partial charge in [-0.3, -0.25) is 5.41 Å². The van der Waals surface area contributed by atoms with Crippen LogP contribution in [0.2, 0.25) is 0 Å². The minimum atomic E-state index is 0.593. The molecule has 1 aromatic rings. The van der Waals surface area contributed by atoms with Crippen molar-refractivity contribution in [1.82, 2.24) is 5.32 Å². The molecule has 0 radical (unpaired) electrons. The Morgan fingerprint density at radius 1 is 1.22 bits per heavy atom. The van der Waals surface area contributed by atoms with Gasteiger partial charge in [0, 0.05) is 29.5 Å². The van der Waals surface area contributed by atoms with E-state index in [4.69, 9.17) is 5.41 Å². The van der Waals surface area contributed by atoms with Gasteiger partial charge < -0.3 is 5.32 Å². The first-order valence-electron chi connectivity index (χ1n) is 10.6. The summed E-state index contributed by atoms with van der Waals surface area (Å²) in [6.45, 7) is 8.63. The van der Waals surface area contributed by atoms with E-state index in [-0.39, 0.29) is 0 Å². The van der Waals surface area contributed by atoms with E-state index in [1.54, 1.807) is 0 Å². The predicted molar refractivity (Wildman–Crippen MR) is 120 cm³/mol. The number of hydrogen-bond acceptors (Lipinski definition) is 3. The zero-order chi connectivity index (χ0) is 19.2. The van der Waals surface area contributed by atoms with Crippen molar-refractivity contribution in [1.29, 1.82) is 5.41 Å². The van der Waals surface area contributed by atoms with Gasteiger partial charge in [0.1, 0.15) is 0 Å². The van der Waals surface area contributed by atoms with Crippen LogP contribution in [0, 0.1) is 5.41 Å². The Morgan fingerprint density at radius 3 is 2.70 bits per heavy atom. The standard InChI is InChI=1S/C24H34N2S/c1-4-10-23(26-19-12-7-6-8-13-19)20(5-2)24(25)21-14-9-11-18-16-27-17(3)15-22(18)21/h9,11,14,19,25-26H,3-8,10,12-13,15-16H2,1-2H3/b23-20-,25-24?. The van der Waals surface area contributed by atoms with Crippen molar-refractivity contribution in [3.8, 4) is 0 Å². The van der Waals surface area contributed by atoms with Gasteiger partial charge in [0.2, 0.25) is 0 Å². The summed E-state index contributed by atoms with van der Waals surface area (Å²) in [5.74, 6) is 0.989. The lowest BCUT2D eigenvalue weighted by Gasteiger charge is -2.28. The van der Waals surface area contributed by atoms with Gasteiger partial charge in [-0.2, -0.15) is 0 Å². The van der Waals surface area contributed by atoms with Crippen LogP contribution in [0.3, 0.4) is 0 Å². The number of hydrogen-bond donors (Lipinski definition) is 2. The Kier molecular flexibility index (Phi) is 7.23. The first-order chi connectivity index (χ1) is 13.1. The van der Waals surface area contributed by atoms with Crippen LogP contribution in [0.25, 0.3) is 0 Å². The monoisotopic (exact) mass is 382 g/mol. The molecular formula is C24H34N2S. The van der Waals surface area contributed by atoms with E-state index in [2.05, 4.69) is 43.9 Å². The fourth-order valence-electron chi connectivity index (χ4n) is 4.40. The van der Waals surface area contributed by atoms with Crippen LogP contribution in [0.15, 0.2) is 41.0 Å². The minimum Gasteiger partial charge on any atom is -0.385 e. The van der Waals surface area contributed by atoms with Gasteiger partial charge in [-0.05, 0) is 47.3 Å². The van der Waals surface area contributed by atoms with Crippen molar-refractivity contribution < 1.29 is 0 Å². The molecule has 1 fully saturated rings. The second kappa shape index (κ2) is 9.64. The van der Waals surface area contributed by atoms with Crippen molar-refractivity contribution in [3.05, 3.63) is 57.6 Å². The van der Waals surface area contributed by atoms with Crippen LogP contribution in [0.1, 0.15) is 81.9 Å². The molecular weight excluding hydrogens is 348 g/mol. The largest absolute Gasteiger partial charge is 0.385 e. The first kappa shape index (κ1) is 20.3. The van der Waals surface area contributed by atoms with E-state index in [1.165, 1.54) is 59.4 Å². The molecule has 0 unspecified atom stereocenters. The highest BCUT2D eigenvalue weighted by Crippen LogP contribution is 2.35. The SMILES string of the molecule is C=C1Cc2c(cccc2C(=N)/C(CC)=C(/CCC)NC2CCCCC2)CS1. The van der Waals surface area contributed by atoms with Crippen LogP contribution >= 0.6 is 11.8 Å². The van der Waals surface area contributed by atoms with E-state index >= 15 is 0 Å². The average molecular weight is 383 g/mol. The maximum atomic E-state index is 9.08. The third kappa shape index (κ3) is 4.87. The molecule has 27 heavy (non-hydrogen) atoms. The van der Waals surface area contributed by atoms with Gasteiger partial charge in [-0.15, -0.1) is 11.8 Å². The number of nitrogens with one attached hydrogen (secondary N) is 2. The Morgan fingerprint density at radius 2 is 2.00 bits per heavy atom. The van der Waals surface area contributed by atoms with Crippen molar-refractivity contribution in [2.45, 2.75) is 83.4 Å². The Hall–Kier alpha value is -1.48. The Bertz CT molecular complexity index is 726. The smallest absolute Gasteiger partial charge is 0.0664 e. The Labute approximate surface area is 169 Å². The molecule has 0 spiro atoms.